The number of anilines is 1. The molecule has 4 nitrogen and oxygen atoms in total. The summed E-state index contributed by atoms with van der Waals surface area (Å²) < 4.78 is 0. The van der Waals surface area contributed by atoms with Crippen molar-refractivity contribution < 1.29 is 9.90 Å². The standard InChI is InChI=1S/C13H12N2O2S/c1-18-10-5-2-4-9(8-10)15-13(17)12-11(16)6-3-7-14-12/h2-8,16H,1H3,(H,15,17). The first-order valence-corrected chi connectivity index (χ1v) is 6.52. The lowest BCUT2D eigenvalue weighted by atomic mass is 10.2. The molecule has 0 aliphatic rings. The van der Waals surface area contributed by atoms with E-state index in [1.165, 1.54) is 12.3 Å². The Bertz CT molecular complexity index is 572. The number of aromatic nitrogens is 1. The van der Waals surface area contributed by atoms with Crippen LogP contribution in [0.5, 0.6) is 5.75 Å². The first-order valence-electron chi connectivity index (χ1n) is 5.30. The van der Waals surface area contributed by atoms with Crippen LogP contribution in [-0.4, -0.2) is 22.3 Å². The molecule has 2 aromatic rings. The van der Waals surface area contributed by atoms with E-state index in [1.54, 1.807) is 23.9 Å². The third-order valence-corrected chi connectivity index (χ3v) is 3.05. The predicted octanol–water partition coefficient (Wildman–Crippen LogP) is 2.76. The number of hydrogen-bond donors (Lipinski definition) is 2. The maximum Gasteiger partial charge on any atom is 0.278 e. The lowest BCUT2D eigenvalue weighted by molar-refractivity contribution is 0.101. The maximum absolute atomic E-state index is 11.9. The van der Waals surface area contributed by atoms with E-state index in [0.717, 1.165) is 4.90 Å². The van der Waals surface area contributed by atoms with Gasteiger partial charge in [-0.15, -0.1) is 11.8 Å². The predicted molar refractivity (Wildman–Crippen MR) is 72.1 cm³/mol. The van der Waals surface area contributed by atoms with Crippen molar-refractivity contribution in [2.75, 3.05) is 11.6 Å². The quantitative estimate of drug-likeness (QED) is 0.833. The molecule has 1 aromatic carbocycles. The van der Waals surface area contributed by atoms with Gasteiger partial charge >= 0.3 is 0 Å². The van der Waals surface area contributed by atoms with Crippen LogP contribution in [0.25, 0.3) is 0 Å². The molecule has 0 aliphatic heterocycles. The van der Waals surface area contributed by atoms with Gasteiger partial charge in [-0.1, -0.05) is 6.07 Å². The summed E-state index contributed by atoms with van der Waals surface area (Å²) >= 11 is 1.59. The third kappa shape index (κ3) is 2.81. The average Bonchev–Trinajstić information content (AvgIpc) is 2.39. The molecule has 0 unspecified atom stereocenters. The van der Waals surface area contributed by atoms with Crippen molar-refractivity contribution in [3.63, 3.8) is 0 Å². The van der Waals surface area contributed by atoms with Gasteiger partial charge in [0.15, 0.2) is 5.69 Å². The summed E-state index contributed by atoms with van der Waals surface area (Å²) in [5.74, 6) is -0.553. The summed E-state index contributed by atoms with van der Waals surface area (Å²) in [6.45, 7) is 0. The van der Waals surface area contributed by atoms with E-state index in [2.05, 4.69) is 10.3 Å². The van der Waals surface area contributed by atoms with Gasteiger partial charge in [0.2, 0.25) is 0 Å². The van der Waals surface area contributed by atoms with E-state index in [0.29, 0.717) is 5.69 Å². The molecule has 1 amide bonds. The van der Waals surface area contributed by atoms with Crippen molar-refractivity contribution in [3.05, 3.63) is 48.3 Å². The molecule has 18 heavy (non-hydrogen) atoms. The van der Waals surface area contributed by atoms with Crippen molar-refractivity contribution in [1.82, 2.24) is 4.98 Å². The summed E-state index contributed by atoms with van der Waals surface area (Å²) in [4.78, 5) is 16.8. The van der Waals surface area contributed by atoms with Crippen LogP contribution in [-0.2, 0) is 0 Å². The second-order valence-electron chi connectivity index (χ2n) is 3.56. The molecule has 2 rings (SSSR count). The Kier molecular flexibility index (Phi) is 3.84. The largest absolute Gasteiger partial charge is 0.505 e. The number of thioether (sulfide) groups is 1. The van der Waals surface area contributed by atoms with E-state index in [-0.39, 0.29) is 11.4 Å². The fraction of sp³-hybridized carbons (Fsp3) is 0.0769. The first kappa shape index (κ1) is 12.4. The number of carbonyl (C=O) groups excluding carboxylic acids is 1. The molecule has 0 saturated carbocycles. The minimum Gasteiger partial charge on any atom is -0.505 e. The van der Waals surface area contributed by atoms with Gasteiger partial charge in [0.05, 0.1) is 0 Å². The fourth-order valence-corrected chi connectivity index (χ4v) is 1.92. The van der Waals surface area contributed by atoms with Crippen LogP contribution in [0.4, 0.5) is 5.69 Å². The van der Waals surface area contributed by atoms with Gasteiger partial charge in [0, 0.05) is 16.8 Å². The fourth-order valence-electron chi connectivity index (χ4n) is 1.46. The normalized spacial score (nSPS) is 10.1. The second-order valence-corrected chi connectivity index (χ2v) is 4.44. The highest BCUT2D eigenvalue weighted by molar-refractivity contribution is 7.98. The number of rotatable bonds is 3. The minimum absolute atomic E-state index is 0.0204. The molecular weight excluding hydrogens is 248 g/mol. The molecule has 92 valence electrons. The van der Waals surface area contributed by atoms with Crippen LogP contribution in [0.15, 0.2) is 47.5 Å². The van der Waals surface area contributed by atoms with Gasteiger partial charge in [0.1, 0.15) is 5.75 Å². The van der Waals surface area contributed by atoms with Crippen LogP contribution in [0.3, 0.4) is 0 Å². The van der Waals surface area contributed by atoms with Crippen molar-refractivity contribution in [3.8, 4) is 5.75 Å². The molecule has 0 aliphatic carbocycles. The zero-order chi connectivity index (χ0) is 13.0. The molecule has 1 heterocycles. The molecule has 5 heteroatoms. The van der Waals surface area contributed by atoms with Gasteiger partial charge < -0.3 is 10.4 Å². The van der Waals surface area contributed by atoms with Crippen molar-refractivity contribution in [1.29, 1.82) is 0 Å². The molecule has 0 saturated heterocycles. The molecule has 0 radical (unpaired) electrons. The van der Waals surface area contributed by atoms with Crippen molar-refractivity contribution >= 4 is 23.4 Å². The summed E-state index contributed by atoms with van der Waals surface area (Å²) in [6.07, 6.45) is 3.43. The highest BCUT2D eigenvalue weighted by atomic mass is 32.2. The Morgan fingerprint density at radius 1 is 1.33 bits per heavy atom. The topological polar surface area (TPSA) is 62.2 Å². The van der Waals surface area contributed by atoms with E-state index >= 15 is 0 Å². The molecule has 2 N–H and O–H groups in total. The summed E-state index contributed by atoms with van der Waals surface area (Å²) in [5.41, 5.74) is 0.698. The number of amides is 1. The Labute approximate surface area is 109 Å². The Hall–Kier alpha value is -2.01. The number of aromatic hydroxyl groups is 1. The van der Waals surface area contributed by atoms with Crippen LogP contribution in [0.1, 0.15) is 10.5 Å². The monoisotopic (exact) mass is 260 g/mol. The van der Waals surface area contributed by atoms with Crippen molar-refractivity contribution in [2.24, 2.45) is 0 Å². The van der Waals surface area contributed by atoms with Crippen LogP contribution in [0, 0.1) is 0 Å². The smallest absolute Gasteiger partial charge is 0.278 e. The number of benzene rings is 1. The second kappa shape index (κ2) is 5.55. The van der Waals surface area contributed by atoms with E-state index < -0.39 is 5.91 Å². The Morgan fingerprint density at radius 2 is 2.17 bits per heavy atom. The third-order valence-electron chi connectivity index (χ3n) is 2.33. The summed E-state index contributed by atoms with van der Waals surface area (Å²) in [7, 11) is 0. The first-order chi connectivity index (χ1) is 8.70. The summed E-state index contributed by atoms with van der Waals surface area (Å²) in [6, 6.07) is 10.5. The van der Waals surface area contributed by atoms with Crippen LogP contribution in [0.2, 0.25) is 0 Å². The zero-order valence-electron chi connectivity index (χ0n) is 9.75. The molecule has 0 bridgehead atoms. The number of hydrogen-bond acceptors (Lipinski definition) is 4. The molecular formula is C13H12N2O2S. The minimum atomic E-state index is -0.425. The Balaban J connectivity index is 2.19. The number of carbonyl (C=O) groups is 1. The SMILES string of the molecule is CSc1cccc(NC(=O)c2ncccc2O)c1. The average molecular weight is 260 g/mol. The van der Waals surface area contributed by atoms with E-state index in [1.807, 2.05) is 24.5 Å². The molecule has 0 atom stereocenters. The van der Waals surface area contributed by atoms with Gasteiger partial charge in [-0.25, -0.2) is 4.98 Å². The zero-order valence-corrected chi connectivity index (χ0v) is 10.6. The van der Waals surface area contributed by atoms with Gasteiger partial charge in [-0.05, 0) is 36.6 Å². The van der Waals surface area contributed by atoms with Gasteiger partial charge in [0.25, 0.3) is 5.91 Å². The summed E-state index contributed by atoms with van der Waals surface area (Å²) in [5, 5.41) is 12.2. The van der Waals surface area contributed by atoms with Crippen LogP contribution >= 0.6 is 11.8 Å². The lowest BCUT2D eigenvalue weighted by Crippen LogP contribution is -2.13. The molecule has 1 aromatic heterocycles. The number of pyridine rings is 1. The van der Waals surface area contributed by atoms with Crippen molar-refractivity contribution in [2.45, 2.75) is 4.90 Å². The highest BCUT2D eigenvalue weighted by Gasteiger charge is 2.12. The van der Waals surface area contributed by atoms with Gasteiger partial charge in [-0.2, -0.15) is 0 Å². The Morgan fingerprint density at radius 3 is 2.89 bits per heavy atom. The maximum atomic E-state index is 11.9. The van der Waals surface area contributed by atoms with Crippen LogP contribution < -0.4 is 5.32 Å². The highest BCUT2D eigenvalue weighted by Crippen LogP contribution is 2.20. The number of nitrogens with zero attached hydrogens (tertiary/aromatic N) is 1. The lowest BCUT2D eigenvalue weighted by Gasteiger charge is -2.06. The molecule has 0 spiro atoms. The molecule has 0 fully saturated rings. The number of nitrogens with one attached hydrogen (secondary N) is 1. The van der Waals surface area contributed by atoms with Gasteiger partial charge in [-0.3, -0.25) is 4.79 Å². The van der Waals surface area contributed by atoms with E-state index in [9.17, 15) is 9.90 Å². The van der Waals surface area contributed by atoms with E-state index in [4.69, 9.17) is 0 Å².